The maximum atomic E-state index is 14.5. The number of nitrogens with zero attached hydrogens (tertiary/aromatic N) is 2. The molecule has 300 valence electrons. The quantitative estimate of drug-likeness (QED) is 0.126. The van der Waals surface area contributed by atoms with Gasteiger partial charge in [0.15, 0.2) is 0 Å². The molecule has 0 radical (unpaired) electrons. The number of sulfonamides is 1. The predicted molar refractivity (Wildman–Crippen MR) is 216 cm³/mol. The molecular formula is C42H52FN5O7S. The highest BCUT2D eigenvalue weighted by Crippen LogP contribution is 2.30. The number of ether oxygens (including phenoxy) is 2. The number of amides is 2. The number of halogens is 1. The molecule has 0 aromatic heterocycles. The largest absolute Gasteiger partial charge is 0.490 e. The van der Waals surface area contributed by atoms with E-state index in [-0.39, 0.29) is 53.3 Å². The number of hydrogen-bond donors (Lipinski definition) is 4. The van der Waals surface area contributed by atoms with Gasteiger partial charge in [-0.2, -0.15) is 0 Å². The van der Waals surface area contributed by atoms with E-state index in [0.717, 1.165) is 42.7 Å². The van der Waals surface area contributed by atoms with Crippen LogP contribution in [0.2, 0.25) is 0 Å². The lowest BCUT2D eigenvalue weighted by Crippen LogP contribution is -2.47. The van der Waals surface area contributed by atoms with Crippen molar-refractivity contribution in [1.82, 2.24) is 9.80 Å². The summed E-state index contributed by atoms with van der Waals surface area (Å²) in [7, 11) is -2.11. The number of hydrogen-bond acceptors (Lipinski definition) is 9. The van der Waals surface area contributed by atoms with E-state index in [2.05, 4.69) is 14.9 Å². The lowest BCUT2D eigenvalue weighted by Gasteiger charge is -2.36. The molecule has 0 spiro atoms. The van der Waals surface area contributed by atoms with Crippen molar-refractivity contribution in [2.75, 3.05) is 49.1 Å². The summed E-state index contributed by atoms with van der Waals surface area (Å²) < 4.78 is 55.1. The van der Waals surface area contributed by atoms with Crippen LogP contribution >= 0.6 is 0 Å². The highest BCUT2D eigenvalue weighted by Gasteiger charge is 2.31. The molecule has 1 heterocycles. The molecular weight excluding hydrogens is 738 g/mol. The van der Waals surface area contributed by atoms with Crippen molar-refractivity contribution in [3.8, 4) is 5.75 Å². The third kappa shape index (κ3) is 11.3. The van der Waals surface area contributed by atoms with Crippen LogP contribution in [0, 0.1) is 11.7 Å². The number of nitrogens with two attached hydrogens (primary N) is 1. The van der Waals surface area contributed by atoms with Crippen LogP contribution in [0.15, 0.2) is 95.9 Å². The number of anilines is 3. The Morgan fingerprint density at radius 2 is 1.75 bits per heavy atom. The lowest BCUT2D eigenvalue weighted by molar-refractivity contribution is -0.0177. The van der Waals surface area contributed by atoms with E-state index in [1.165, 1.54) is 12.1 Å². The molecule has 0 aliphatic carbocycles. The zero-order valence-electron chi connectivity index (χ0n) is 32.3. The Bertz CT molecular complexity index is 2050. The van der Waals surface area contributed by atoms with Crippen LogP contribution in [0.3, 0.4) is 0 Å². The van der Waals surface area contributed by atoms with Crippen LogP contribution in [-0.2, 0) is 21.3 Å². The molecule has 4 aromatic rings. The number of fused-ring (bicyclic) bond motifs is 1. The van der Waals surface area contributed by atoms with Crippen LogP contribution in [0.25, 0.3) is 0 Å². The lowest BCUT2D eigenvalue weighted by atomic mass is 10.0. The van der Waals surface area contributed by atoms with Crippen molar-refractivity contribution < 1.29 is 37.0 Å². The molecule has 0 saturated heterocycles. The summed E-state index contributed by atoms with van der Waals surface area (Å²) in [5.74, 6) is -1.15. The van der Waals surface area contributed by atoms with E-state index < -0.39 is 27.8 Å². The first-order valence-corrected chi connectivity index (χ1v) is 20.3. The number of carbonyl (C=O) groups is 2. The fourth-order valence-electron chi connectivity index (χ4n) is 6.53. The summed E-state index contributed by atoms with van der Waals surface area (Å²) >= 11 is 0. The van der Waals surface area contributed by atoms with Crippen LogP contribution in [-0.4, -0.2) is 86.7 Å². The number of para-hydroxylation sites is 2. The molecule has 4 atom stereocenters. The molecule has 0 unspecified atom stereocenters. The van der Waals surface area contributed by atoms with Crippen molar-refractivity contribution in [3.05, 3.63) is 114 Å². The second-order valence-electron chi connectivity index (χ2n) is 14.5. The number of nitrogen functional groups attached to an aromatic ring is 1. The minimum atomic E-state index is -4.10. The molecule has 5 rings (SSSR count). The number of aliphatic hydroxyl groups excluding tert-OH is 1. The summed E-state index contributed by atoms with van der Waals surface area (Å²) in [5.41, 5.74) is 8.79. The summed E-state index contributed by atoms with van der Waals surface area (Å²) in [5, 5.41) is 13.2. The minimum Gasteiger partial charge on any atom is -0.490 e. The molecule has 4 aromatic carbocycles. The summed E-state index contributed by atoms with van der Waals surface area (Å²) in [6.07, 6.45) is 1.77. The van der Waals surface area contributed by atoms with Crippen molar-refractivity contribution in [3.63, 3.8) is 0 Å². The van der Waals surface area contributed by atoms with Gasteiger partial charge in [0.2, 0.25) is 0 Å². The molecule has 2 amide bonds. The van der Waals surface area contributed by atoms with Crippen molar-refractivity contribution in [1.29, 1.82) is 0 Å². The minimum absolute atomic E-state index is 0.126. The topological polar surface area (TPSA) is 164 Å². The zero-order valence-corrected chi connectivity index (χ0v) is 33.1. The van der Waals surface area contributed by atoms with E-state index in [9.17, 15) is 27.5 Å². The Hall–Kier alpha value is -5.02. The molecule has 0 bridgehead atoms. The average molecular weight is 790 g/mol. The number of aliphatic hydroxyl groups is 1. The van der Waals surface area contributed by atoms with Gasteiger partial charge in [-0.25, -0.2) is 12.8 Å². The second-order valence-corrected chi connectivity index (χ2v) is 16.2. The Morgan fingerprint density at radius 1 is 1.04 bits per heavy atom. The zero-order chi connectivity index (χ0) is 40.4. The van der Waals surface area contributed by atoms with Crippen LogP contribution in [0.1, 0.15) is 66.3 Å². The predicted octanol–water partition coefficient (Wildman–Crippen LogP) is 6.39. The Kier molecular flexibility index (Phi) is 14.5. The van der Waals surface area contributed by atoms with Gasteiger partial charge in [0.25, 0.3) is 21.8 Å². The van der Waals surface area contributed by atoms with E-state index >= 15 is 0 Å². The normalized spacial score (nSPS) is 19.0. The average Bonchev–Trinajstić information content (AvgIpc) is 3.17. The third-order valence-electron chi connectivity index (χ3n) is 9.80. The SMILES string of the molecule is C[C@@H]1CCCCO[C@H](CN(C)Cc2ccc(C(=O)Nc3ccccc3N)cc2)[C@@H](C)CN([C@H](C)CO)C(=O)c2cc(NS(=O)(=O)c3ccc(F)cc3)ccc2O1. The van der Waals surface area contributed by atoms with Gasteiger partial charge in [0, 0.05) is 43.4 Å². The maximum absolute atomic E-state index is 14.5. The molecule has 5 N–H and O–H groups in total. The highest BCUT2D eigenvalue weighted by atomic mass is 32.2. The third-order valence-corrected chi connectivity index (χ3v) is 11.2. The Balaban J connectivity index is 1.33. The van der Waals surface area contributed by atoms with Gasteiger partial charge < -0.3 is 30.5 Å². The van der Waals surface area contributed by atoms with E-state index in [1.54, 1.807) is 54.3 Å². The van der Waals surface area contributed by atoms with Gasteiger partial charge in [-0.15, -0.1) is 0 Å². The summed E-state index contributed by atoms with van der Waals surface area (Å²) in [6.45, 7) is 7.23. The van der Waals surface area contributed by atoms with Gasteiger partial charge >= 0.3 is 0 Å². The monoisotopic (exact) mass is 789 g/mol. The first-order valence-electron chi connectivity index (χ1n) is 18.8. The number of nitrogens with one attached hydrogen (secondary N) is 2. The second kappa shape index (κ2) is 19.2. The van der Waals surface area contributed by atoms with Crippen LogP contribution in [0.4, 0.5) is 21.5 Å². The van der Waals surface area contributed by atoms with Gasteiger partial charge in [-0.1, -0.05) is 31.2 Å². The Labute approximate surface area is 328 Å². The van der Waals surface area contributed by atoms with Gasteiger partial charge in [-0.05, 0) is 112 Å². The van der Waals surface area contributed by atoms with E-state index in [1.807, 2.05) is 33.0 Å². The molecule has 0 saturated carbocycles. The standard InChI is InChI=1S/C42H52FN5O7S/c1-28-24-48(29(2)27-49)42(51)36-23-34(46-56(52,53)35-19-16-33(43)17-20-35)18-21-39(36)55-30(3)9-7-8-22-54-40(28)26-47(4)25-31-12-14-32(15-13-31)41(50)45-38-11-6-5-10-37(38)44/h5-6,10-21,23,28-30,40,46,49H,7-9,22,24-27,44H2,1-4H3,(H,45,50)/t28-,29+,30+,40+/m0/s1. The van der Waals surface area contributed by atoms with Crippen LogP contribution in [0.5, 0.6) is 5.75 Å². The van der Waals surface area contributed by atoms with Crippen molar-refractivity contribution in [2.24, 2.45) is 5.92 Å². The molecule has 12 nitrogen and oxygen atoms in total. The summed E-state index contributed by atoms with van der Waals surface area (Å²) in [4.78, 5) is 30.9. The van der Waals surface area contributed by atoms with Gasteiger partial charge in [0.1, 0.15) is 11.6 Å². The maximum Gasteiger partial charge on any atom is 0.261 e. The van der Waals surface area contributed by atoms with E-state index in [4.69, 9.17) is 15.2 Å². The van der Waals surface area contributed by atoms with Crippen molar-refractivity contribution in [2.45, 2.75) is 69.7 Å². The van der Waals surface area contributed by atoms with Gasteiger partial charge in [-0.3, -0.25) is 19.2 Å². The number of likely N-dealkylation sites (N-methyl/N-ethyl adjacent to an activating group) is 1. The van der Waals surface area contributed by atoms with Crippen molar-refractivity contribution >= 4 is 38.9 Å². The number of carbonyl (C=O) groups excluding carboxylic acids is 2. The fraction of sp³-hybridized carbons (Fsp3) is 0.381. The summed E-state index contributed by atoms with van der Waals surface area (Å²) in [6, 6.07) is 22.9. The first kappa shape index (κ1) is 42.1. The molecule has 1 aliphatic rings. The number of rotatable bonds is 11. The number of benzene rings is 4. The Morgan fingerprint density at radius 3 is 2.45 bits per heavy atom. The van der Waals surface area contributed by atoms with Crippen LogP contribution < -0.4 is 20.5 Å². The molecule has 14 heteroatoms. The fourth-order valence-corrected chi connectivity index (χ4v) is 7.58. The first-order chi connectivity index (χ1) is 26.7. The van der Waals surface area contributed by atoms with E-state index in [0.29, 0.717) is 48.8 Å². The highest BCUT2D eigenvalue weighted by molar-refractivity contribution is 7.92. The smallest absolute Gasteiger partial charge is 0.261 e. The molecule has 0 fully saturated rings. The molecule has 56 heavy (non-hydrogen) atoms. The molecule has 1 aliphatic heterocycles. The van der Waals surface area contributed by atoms with Gasteiger partial charge in [0.05, 0.1) is 46.7 Å².